The molecule has 0 aliphatic carbocycles. The topological polar surface area (TPSA) is 155 Å². The van der Waals surface area contributed by atoms with Gasteiger partial charge in [-0.1, -0.05) is 197 Å². The molecular formula is C64H97O11P. The number of aliphatic hydroxyl groups is 1. The number of unbranched alkanes of at least 4 members (excludes halogenated alkanes) is 5. The van der Waals surface area contributed by atoms with Gasteiger partial charge in [0.15, 0.2) is 6.10 Å². The third-order valence-electron chi connectivity index (χ3n) is 10.6. The molecule has 12 heteroatoms. The average molecular weight is 1070 g/mol. The van der Waals surface area contributed by atoms with Crippen LogP contribution in [-0.4, -0.2) is 66.5 Å². The molecule has 2 N–H and O–H groups in total. The Morgan fingerprint density at radius 1 is 0.382 bits per heavy atom. The highest BCUT2D eigenvalue weighted by Gasteiger charge is 2.28. The first-order valence-corrected chi connectivity index (χ1v) is 29.5. The summed E-state index contributed by atoms with van der Waals surface area (Å²) >= 11 is 0. The number of carbonyl (C=O) groups is 3. The van der Waals surface area contributed by atoms with Gasteiger partial charge in [-0.3, -0.25) is 23.4 Å². The van der Waals surface area contributed by atoms with Crippen molar-refractivity contribution < 1.29 is 52.2 Å². The zero-order chi connectivity index (χ0) is 55.5. The zero-order valence-electron chi connectivity index (χ0n) is 46.6. The zero-order valence-corrected chi connectivity index (χ0v) is 47.5. The maximum atomic E-state index is 12.9. The van der Waals surface area contributed by atoms with Crippen LogP contribution < -0.4 is 0 Å². The minimum atomic E-state index is -4.80. The van der Waals surface area contributed by atoms with Crippen LogP contribution in [-0.2, 0) is 42.2 Å². The second-order valence-corrected chi connectivity index (χ2v) is 19.1. The Hall–Kier alpha value is -5.16. The molecule has 76 heavy (non-hydrogen) atoms. The lowest BCUT2D eigenvalue weighted by molar-refractivity contribution is -0.160. The molecule has 0 aromatic rings. The molecule has 0 saturated heterocycles. The van der Waals surface area contributed by atoms with E-state index in [1.165, 1.54) is 0 Å². The Kier molecular flexibility index (Phi) is 52.2. The van der Waals surface area contributed by atoms with Crippen molar-refractivity contribution in [2.24, 2.45) is 0 Å². The van der Waals surface area contributed by atoms with Crippen molar-refractivity contribution in [2.45, 2.75) is 187 Å². The molecule has 0 aromatic heterocycles. The van der Waals surface area contributed by atoms with Crippen molar-refractivity contribution in [1.82, 2.24) is 0 Å². The van der Waals surface area contributed by atoms with Gasteiger partial charge in [0.1, 0.15) is 12.7 Å². The quantitative estimate of drug-likeness (QED) is 0.0197. The molecule has 0 aromatic carbocycles. The number of carbonyl (C=O) groups excluding carboxylic acids is 3. The Labute approximate surface area is 459 Å². The van der Waals surface area contributed by atoms with Crippen LogP contribution in [0.2, 0.25) is 0 Å². The molecule has 0 fully saturated rings. The maximum absolute atomic E-state index is 12.9. The predicted octanol–water partition coefficient (Wildman–Crippen LogP) is 16.7. The summed E-state index contributed by atoms with van der Waals surface area (Å²) < 4.78 is 39.3. The van der Waals surface area contributed by atoms with E-state index in [1.54, 1.807) is 6.08 Å². The molecule has 0 spiro atoms. The fraction of sp³-hybridized carbons (Fsp3) is 0.516. The van der Waals surface area contributed by atoms with Gasteiger partial charge in [0.2, 0.25) is 0 Å². The summed E-state index contributed by atoms with van der Waals surface area (Å²) in [5.41, 5.74) is 0. The first kappa shape index (κ1) is 70.8. The van der Waals surface area contributed by atoms with E-state index in [1.807, 2.05) is 18.2 Å². The highest BCUT2D eigenvalue weighted by Crippen LogP contribution is 2.43. The average Bonchev–Trinajstić information content (AvgIpc) is 3.41. The molecule has 424 valence electrons. The lowest BCUT2D eigenvalue weighted by Crippen LogP contribution is -2.30. The van der Waals surface area contributed by atoms with Crippen molar-refractivity contribution in [1.29, 1.82) is 0 Å². The van der Waals surface area contributed by atoms with Crippen molar-refractivity contribution in [3.8, 4) is 0 Å². The van der Waals surface area contributed by atoms with E-state index in [-0.39, 0.29) is 19.3 Å². The second kappa shape index (κ2) is 56.1. The van der Waals surface area contributed by atoms with Crippen molar-refractivity contribution in [2.75, 3.05) is 26.4 Å². The SMILES string of the molecule is CC/C=C\C/C=C\C/C=C\C/C=C\C/C=C\CCCCCC(=O)OCC(COP(=O)(O)OCC(CO)OC(=O)CCCC/C=C\C/C=C\C/C=C\C/C=C\CC)OC(=O)C/C=C\C/C=C\C/C=C\C/C=C\C/C=C\CC. The van der Waals surface area contributed by atoms with E-state index in [0.29, 0.717) is 19.3 Å². The van der Waals surface area contributed by atoms with E-state index < -0.39 is 64.4 Å². The Bertz CT molecular complexity index is 1920. The normalized spacial score (nSPS) is 14.6. The van der Waals surface area contributed by atoms with Gasteiger partial charge in [-0.25, -0.2) is 4.57 Å². The summed E-state index contributed by atoms with van der Waals surface area (Å²) in [7, 11) is -4.80. The van der Waals surface area contributed by atoms with Gasteiger partial charge in [0.05, 0.1) is 26.2 Å². The van der Waals surface area contributed by atoms with Crippen LogP contribution in [0.5, 0.6) is 0 Å². The van der Waals surface area contributed by atoms with Gasteiger partial charge in [-0.15, -0.1) is 0 Å². The van der Waals surface area contributed by atoms with E-state index in [9.17, 15) is 28.9 Å². The Morgan fingerprint density at radius 3 is 1.09 bits per heavy atom. The van der Waals surface area contributed by atoms with Crippen LogP contribution in [0.25, 0.3) is 0 Å². The van der Waals surface area contributed by atoms with Crippen LogP contribution in [0.1, 0.15) is 175 Å². The molecule has 0 saturated carbocycles. The van der Waals surface area contributed by atoms with Gasteiger partial charge in [-0.2, -0.15) is 0 Å². The number of hydrogen-bond donors (Lipinski definition) is 2. The van der Waals surface area contributed by atoms with Crippen LogP contribution >= 0.6 is 7.82 Å². The summed E-state index contributed by atoms with van der Waals surface area (Å²) in [6.07, 6.45) is 74.9. The number of hydrogen-bond acceptors (Lipinski definition) is 10. The number of phosphoric ester groups is 1. The lowest BCUT2D eigenvalue weighted by Gasteiger charge is -2.21. The monoisotopic (exact) mass is 1070 g/mol. The van der Waals surface area contributed by atoms with Crippen molar-refractivity contribution in [3.63, 3.8) is 0 Å². The second-order valence-electron chi connectivity index (χ2n) is 17.6. The number of rotatable bonds is 49. The Balaban J connectivity index is 4.96. The first-order valence-electron chi connectivity index (χ1n) is 28.0. The summed E-state index contributed by atoms with van der Waals surface area (Å²) in [6.45, 7) is 4.06. The smallest absolute Gasteiger partial charge is 0.462 e. The molecule has 0 heterocycles. The van der Waals surface area contributed by atoms with E-state index >= 15 is 0 Å². The molecular weight excluding hydrogens is 976 g/mol. The Morgan fingerprint density at radius 2 is 0.697 bits per heavy atom. The van der Waals surface area contributed by atoms with Crippen molar-refractivity contribution >= 4 is 25.7 Å². The summed E-state index contributed by atoms with van der Waals surface area (Å²) in [4.78, 5) is 48.4. The van der Waals surface area contributed by atoms with E-state index in [2.05, 4.69) is 167 Å². The standard InChI is InChI=1S/C64H97O11P/c1-4-7-10-13-16-19-22-25-28-29-30-31-34-35-38-41-44-47-50-53-62(66)71-57-61(75-64(68)55-52-49-46-43-40-37-33-27-24-21-18-15-12-9-6-3)59-73-76(69,70)72-58-60(56-65)74-63(67)54-51-48-45-42-39-36-32-26-23-20-17-14-11-8-5-2/h7-12,16-21,25-28,30-33,35,38-40,42-43,49,52,60-61,65H,4-6,13-15,22-24,29,34,36-37,41,44-48,50-51,53-59H2,1-3H3,(H,69,70)/b10-7-,11-8-,12-9-,19-16-,20-17-,21-18-,28-25-,31-30-,32-26-,33-27-,38-35-,42-39-,43-40-,52-49-. The van der Waals surface area contributed by atoms with Crippen LogP contribution in [0.3, 0.4) is 0 Å². The fourth-order valence-corrected chi connectivity index (χ4v) is 7.29. The van der Waals surface area contributed by atoms with Gasteiger partial charge in [0.25, 0.3) is 0 Å². The molecule has 0 bridgehead atoms. The molecule has 0 radical (unpaired) electrons. The van der Waals surface area contributed by atoms with Gasteiger partial charge < -0.3 is 24.2 Å². The summed E-state index contributed by atoms with van der Waals surface area (Å²) in [5.74, 6) is -1.73. The molecule has 11 nitrogen and oxygen atoms in total. The first-order chi connectivity index (χ1) is 37.2. The molecule has 0 aliphatic heterocycles. The summed E-state index contributed by atoms with van der Waals surface area (Å²) in [5, 5.41) is 9.80. The highest BCUT2D eigenvalue weighted by molar-refractivity contribution is 7.47. The molecule has 3 unspecified atom stereocenters. The number of aliphatic hydroxyl groups excluding tert-OH is 1. The van der Waals surface area contributed by atoms with Gasteiger partial charge in [0, 0.05) is 12.8 Å². The number of allylic oxidation sites excluding steroid dienone is 27. The number of ether oxygens (including phenoxy) is 3. The van der Waals surface area contributed by atoms with E-state index in [0.717, 1.165) is 116 Å². The molecule has 0 amide bonds. The largest absolute Gasteiger partial charge is 0.472 e. The minimum absolute atomic E-state index is 0.0862. The minimum Gasteiger partial charge on any atom is -0.462 e. The molecule has 0 aliphatic rings. The fourth-order valence-electron chi connectivity index (χ4n) is 6.51. The summed E-state index contributed by atoms with van der Waals surface area (Å²) in [6, 6.07) is 0. The molecule has 3 atom stereocenters. The van der Waals surface area contributed by atoms with E-state index in [4.69, 9.17) is 23.3 Å². The third kappa shape index (κ3) is 53.7. The molecule has 0 rings (SSSR count). The van der Waals surface area contributed by atoms with Gasteiger partial charge >= 0.3 is 25.7 Å². The maximum Gasteiger partial charge on any atom is 0.472 e. The van der Waals surface area contributed by atoms with Gasteiger partial charge in [-0.05, 0) is 128 Å². The highest BCUT2D eigenvalue weighted by atomic mass is 31.2. The third-order valence-corrected chi connectivity index (χ3v) is 11.6. The number of esters is 3. The van der Waals surface area contributed by atoms with Crippen LogP contribution in [0, 0.1) is 0 Å². The van der Waals surface area contributed by atoms with Crippen LogP contribution in [0.15, 0.2) is 170 Å². The van der Waals surface area contributed by atoms with Crippen molar-refractivity contribution in [3.05, 3.63) is 170 Å². The van der Waals surface area contributed by atoms with Crippen LogP contribution in [0.4, 0.5) is 0 Å². The lowest BCUT2D eigenvalue weighted by atomic mass is 10.1. The predicted molar refractivity (Wildman–Crippen MR) is 315 cm³/mol. The number of phosphoric acid groups is 1.